The van der Waals surface area contributed by atoms with Crippen LogP contribution in [0.1, 0.15) is 47.1 Å². The normalized spacial score (nSPS) is 21.5. The fraction of sp³-hybridized carbons (Fsp3) is 0.480. The van der Waals surface area contributed by atoms with Gasteiger partial charge in [-0.1, -0.05) is 56.8 Å². The van der Waals surface area contributed by atoms with E-state index in [-0.39, 0.29) is 17.5 Å². The van der Waals surface area contributed by atoms with Crippen LogP contribution in [0.5, 0.6) is 0 Å². The molecule has 4 nitrogen and oxygen atoms in total. The summed E-state index contributed by atoms with van der Waals surface area (Å²) in [5.41, 5.74) is 2.72. The highest BCUT2D eigenvalue weighted by Gasteiger charge is 2.35. The lowest BCUT2D eigenvalue weighted by Crippen LogP contribution is -2.60. The van der Waals surface area contributed by atoms with Gasteiger partial charge in [0, 0.05) is 35.0 Å². The van der Waals surface area contributed by atoms with E-state index in [0.717, 1.165) is 13.1 Å². The molecule has 0 bridgehead atoms. The number of anilines is 1. The first-order valence-corrected chi connectivity index (χ1v) is 11.5. The average Bonchev–Trinajstić information content (AvgIpc) is 2.69. The molecule has 1 aliphatic rings. The molecule has 3 atom stereocenters. The van der Waals surface area contributed by atoms with Gasteiger partial charge in [-0.05, 0) is 56.0 Å². The van der Waals surface area contributed by atoms with Crippen LogP contribution in [0, 0.1) is 0 Å². The monoisotopic (exact) mass is 426 g/mol. The summed E-state index contributed by atoms with van der Waals surface area (Å²) in [5.74, 6) is -0.753. The maximum absolute atomic E-state index is 11.5. The van der Waals surface area contributed by atoms with Crippen LogP contribution < -0.4 is 4.90 Å². The summed E-state index contributed by atoms with van der Waals surface area (Å²) < 4.78 is 0. The van der Waals surface area contributed by atoms with Gasteiger partial charge in [0.15, 0.2) is 0 Å². The molecular formula is C25H34N2O2S. The predicted octanol–water partition coefficient (Wildman–Crippen LogP) is 5.51. The van der Waals surface area contributed by atoms with Crippen LogP contribution in [0.2, 0.25) is 0 Å². The van der Waals surface area contributed by atoms with Crippen molar-refractivity contribution in [3.63, 3.8) is 0 Å². The predicted molar refractivity (Wildman–Crippen MR) is 126 cm³/mol. The quantitative estimate of drug-likeness (QED) is 0.683. The van der Waals surface area contributed by atoms with Crippen molar-refractivity contribution in [1.29, 1.82) is 0 Å². The summed E-state index contributed by atoms with van der Waals surface area (Å²) >= 11 is 1.79. The summed E-state index contributed by atoms with van der Waals surface area (Å²) in [7, 11) is 0. The third-order valence-electron chi connectivity index (χ3n) is 6.01. The molecule has 1 unspecified atom stereocenters. The Hall–Kier alpha value is -1.98. The van der Waals surface area contributed by atoms with Gasteiger partial charge in [-0.15, -0.1) is 0 Å². The topological polar surface area (TPSA) is 43.8 Å². The summed E-state index contributed by atoms with van der Waals surface area (Å²) in [6.45, 7) is 14.4. The molecule has 3 rings (SSSR count). The van der Waals surface area contributed by atoms with Crippen molar-refractivity contribution < 1.29 is 9.90 Å². The number of rotatable bonds is 5. The number of aliphatic carboxylic acids is 1. The van der Waals surface area contributed by atoms with E-state index in [0.29, 0.717) is 0 Å². The first kappa shape index (κ1) is 22.7. The minimum atomic E-state index is -0.753. The summed E-state index contributed by atoms with van der Waals surface area (Å²) in [5, 5.41) is 9.44. The molecule has 1 aliphatic heterocycles. The minimum absolute atomic E-state index is 0.152. The zero-order chi connectivity index (χ0) is 22.1. The molecule has 0 radical (unpaired) electrons. The van der Waals surface area contributed by atoms with E-state index in [2.05, 4.69) is 92.9 Å². The Labute approximate surface area is 185 Å². The van der Waals surface area contributed by atoms with E-state index in [1.54, 1.807) is 18.7 Å². The van der Waals surface area contributed by atoms with Gasteiger partial charge >= 0.3 is 5.97 Å². The molecule has 1 N–H and O–H groups in total. The number of piperazine rings is 1. The van der Waals surface area contributed by atoms with Gasteiger partial charge in [0.05, 0.1) is 5.69 Å². The maximum atomic E-state index is 11.5. The van der Waals surface area contributed by atoms with Crippen LogP contribution in [-0.4, -0.2) is 47.2 Å². The molecule has 0 saturated carbocycles. The molecule has 0 amide bonds. The first-order chi connectivity index (χ1) is 14.1. The Kier molecular flexibility index (Phi) is 6.83. The standard InChI is InChI=1S/C25H34N2O2S/c1-17-16-27(18(2)15-26(17)19(3)24(28)29)22-9-7-8-10-23(22)30-21-13-11-20(12-14-21)25(4,5)6/h7-14,17-19H,15-16H2,1-6H3,(H,28,29)/t17-,18+,19?/m1/s1. The van der Waals surface area contributed by atoms with E-state index >= 15 is 0 Å². The van der Waals surface area contributed by atoms with Gasteiger partial charge in [-0.25, -0.2) is 0 Å². The molecule has 1 fully saturated rings. The largest absolute Gasteiger partial charge is 0.480 e. The third kappa shape index (κ3) is 5.01. The van der Waals surface area contributed by atoms with Crippen molar-refractivity contribution in [3.05, 3.63) is 54.1 Å². The number of carboxylic acid groups (broad SMARTS) is 1. The lowest BCUT2D eigenvalue weighted by Gasteiger charge is -2.47. The molecule has 2 aromatic carbocycles. The summed E-state index contributed by atoms with van der Waals surface area (Å²) in [6, 6.07) is 17.4. The molecule has 30 heavy (non-hydrogen) atoms. The number of hydrogen-bond acceptors (Lipinski definition) is 4. The second-order valence-electron chi connectivity index (χ2n) is 9.41. The van der Waals surface area contributed by atoms with Gasteiger partial charge in [0.1, 0.15) is 6.04 Å². The second-order valence-corrected chi connectivity index (χ2v) is 10.5. The van der Waals surface area contributed by atoms with Gasteiger partial charge in [0.2, 0.25) is 0 Å². The SMILES string of the molecule is CC(C(=O)O)N1C[C@H](C)N(c2ccccc2Sc2ccc(C(C)(C)C)cc2)C[C@H]1C. The number of hydrogen-bond donors (Lipinski definition) is 1. The van der Waals surface area contributed by atoms with Crippen LogP contribution in [0.15, 0.2) is 58.3 Å². The van der Waals surface area contributed by atoms with Crippen molar-refractivity contribution in [2.45, 2.75) is 74.9 Å². The van der Waals surface area contributed by atoms with Crippen molar-refractivity contribution >= 4 is 23.4 Å². The smallest absolute Gasteiger partial charge is 0.320 e. The van der Waals surface area contributed by atoms with Gasteiger partial charge in [-0.3, -0.25) is 9.69 Å². The number of carboxylic acids is 1. The van der Waals surface area contributed by atoms with Crippen LogP contribution in [-0.2, 0) is 10.2 Å². The molecule has 162 valence electrons. The Bertz CT molecular complexity index is 875. The molecule has 2 aromatic rings. The maximum Gasteiger partial charge on any atom is 0.320 e. The van der Waals surface area contributed by atoms with Gasteiger partial charge < -0.3 is 10.0 Å². The van der Waals surface area contributed by atoms with Crippen molar-refractivity contribution in [2.24, 2.45) is 0 Å². The van der Waals surface area contributed by atoms with Crippen LogP contribution in [0.4, 0.5) is 5.69 Å². The van der Waals surface area contributed by atoms with E-state index in [1.807, 2.05) is 0 Å². The molecule has 1 heterocycles. The van der Waals surface area contributed by atoms with E-state index in [4.69, 9.17) is 0 Å². The Morgan fingerprint density at radius 1 is 1.03 bits per heavy atom. The molecule has 0 aliphatic carbocycles. The average molecular weight is 427 g/mol. The van der Waals surface area contributed by atoms with E-state index in [1.165, 1.54) is 21.0 Å². The molecule has 5 heteroatoms. The van der Waals surface area contributed by atoms with Crippen molar-refractivity contribution in [1.82, 2.24) is 4.90 Å². The van der Waals surface area contributed by atoms with E-state index in [9.17, 15) is 9.90 Å². The first-order valence-electron chi connectivity index (χ1n) is 10.7. The van der Waals surface area contributed by atoms with E-state index < -0.39 is 12.0 Å². The van der Waals surface area contributed by atoms with Gasteiger partial charge in [0.25, 0.3) is 0 Å². The Balaban J connectivity index is 1.81. The van der Waals surface area contributed by atoms with Crippen LogP contribution >= 0.6 is 11.8 Å². The van der Waals surface area contributed by atoms with Crippen LogP contribution in [0.25, 0.3) is 0 Å². The zero-order valence-electron chi connectivity index (χ0n) is 18.9. The molecule has 1 saturated heterocycles. The fourth-order valence-corrected chi connectivity index (χ4v) is 5.06. The highest BCUT2D eigenvalue weighted by Crippen LogP contribution is 2.38. The Morgan fingerprint density at radius 3 is 2.27 bits per heavy atom. The summed E-state index contributed by atoms with van der Waals surface area (Å²) in [6.07, 6.45) is 0. The fourth-order valence-electron chi connectivity index (χ4n) is 4.10. The molecule has 0 aromatic heterocycles. The van der Waals surface area contributed by atoms with Gasteiger partial charge in [-0.2, -0.15) is 0 Å². The lowest BCUT2D eigenvalue weighted by atomic mass is 9.87. The number of benzene rings is 2. The zero-order valence-corrected chi connectivity index (χ0v) is 19.7. The minimum Gasteiger partial charge on any atom is -0.480 e. The number of para-hydroxylation sites is 1. The highest BCUT2D eigenvalue weighted by atomic mass is 32.2. The molecule has 0 spiro atoms. The second kappa shape index (κ2) is 9.03. The Morgan fingerprint density at radius 2 is 1.67 bits per heavy atom. The lowest BCUT2D eigenvalue weighted by molar-refractivity contribution is -0.143. The number of nitrogens with zero attached hydrogens (tertiary/aromatic N) is 2. The third-order valence-corrected chi connectivity index (χ3v) is 7.08. The number of carbonyl (C=O) groups is 1. The van der Waals surface area contributed by atoms with Crippen molar-refractivity contribution in [2.75, 3.05) is 18.0 Å². The van der Waals surface area contributed by atoms with Crippen LogP contribution in [0.3, 0.4) is 0 Å². The molecular weight excluding hydrogens is 392 g/mol. The summed E-state index contributed by atoms with van der Waals surface area (Å²) in [4.78, 5) is 18.5. The van der Waals surface area contributed by atoms with Crippen molar-refractivity contribution in [3.8, 4) is 0 Å². The highest BCUT2D eigenvalue weighted by molar-refractivity contribution is 7.99.